The van der Waals surface area contributed by atoms with Gasteiger partial charge in [-0.3, -0.25) is 4.98 Å². The van der Waals surface area contributed by atoms with Gasteiger partial charge in [-0.2, -0.15) is 13.2 Å². The first kappa shape index (κ1) is 16.7. The van der Waals surface area contributed by atoms with E-state index in [-0.39, 0.29) is 5.56 Å². The molecule has 0 saturated carbocycles. The van der Waals surface area contributed by atoms with Crippen molar-refractivity contribution in [2.24, 2.45) is 5.41 Å². The van der Waals surface area contributed by atoms with Crippen LogP contribution in [0.2, 0.25) is 0 Å². The zero-order valence-electron chi connectivity index (χ0n) is 12.4. The zero-order chi connectivity index (χ0) is 16.6. The highest BCUT2D eigenvalue weighted by Gasteiger charge is 2.55. The number of benzene rings is 1. The van der Waals surface area contributed by atoms with Crippen LogP contribution in [0, 0.1) is 5.41 Å². The van der Waals surface area contributed by atoms with Crippen LogP contribution in [0.25, 0.3) is 11.3 Å². The summed E-state index contributed by atoms with van der Waals surface area (Å²) in [5.41, 5.74) is -0.546. The summed E-state index contributed by atoms with van der Waals surface area (Å²) in [6.07, 6.45) is -2.87. The summed E-state index contributed by atoms with van der Waals surface area (Å²) in [5, 5.41) is -2.03. The van der Waals surface area contributed by atoms with Crippen molar-refractivity contribution >= 4 is 15.7 Å². The van der Waals surface area contributed by atoms with E-state index in [1.807, 2.05) is 12.1 Å². The quantitative estimate of drug-likeness (QED) is 0.785. The molecule has 0 aliphatic heterocycles. The lowest BCUT2D eigenvalue weighted by Gasteiger charge is -2.44. The fraction of sp³-hybridized carbons (Fsp3) is 0.312. The van der Waals surface area contributed by atoms with Crippen LogP contribution in [0.5, 0.6) is 0 Å². The number of hydrogen-bond donors (Lipinski definition) is 0. The lowest BCUT2D eigenvalue weighted by Crippen LogP contribution is -2.52. The van der Waals surface area contributed by atoms with Crippen LogP contribution in [-0.2, 0) is 5.21 Å². The van der Waals surface area contributed by atoms with Gasteiger partial charge in [0.15, 0.2) is 0 Å². The van der Waals surface area contributed by atoms with Crippen LogP contribution >= 0.6 is 0 Å². The lowest BCUT2D eigenvalue weighted by atomic mass is 9.40. The minimum absolute atomic E-state index is 0.217. The molecule has 110 valence electrons. The van der Waals surface area contributed by atoms with Crippen LogP contribution in [-0.4, -0.2) is 26.9 Å². The first-order chi connectivity index (χ1) is 10.1. The minimum Gasteiger partial charge on any atom is -0.256 e. The maximum absolute atomic E-state index is 13.2. The number of rotatable bonds is 3. The van der Waals surface area contributed by atoms with E-state index >= 15 is 0 Å². The van der Waals surface area contributed by atoms with Crippen LogP contribution in [0.4, 0.5) is 13.2 Å². The number of nitrogens with zero attached hydrogens (tertiary/aromatic N) is 1. The normalized spacial score (nSPS) is 13.1. The fourth-order valence-corrected chi connectivity index (χ4v) is 2.05. The van der Waals surface area contributed by atoms with E-state index in [1.165, 1.54) is 12.1 Å². The van der Waals surface area contributed by atoms with Gasteiger partial charge in [0.25, 0.3) is 0 Å². The number of alkyl halides is 3. The summed E-state index contributed by atoms with van der Waals surface area (Å²) in [6, 6.07) is 11.8. The largest absolute Gasteiger partial charge is 0.393 e. The Balaban J connectivity index is 2.38. The van der Waals surface area contributed by atoms with Gasteiger partial charge in [0.2, 0.25) is 0 Å². The van der Waals surface area contributed by atoms with E-state index in [0.29, 0.717) is 0 Å². The van der Waals surface area contributed by atoms with Gasteiger partial charge >= 0.3 is 6.18 Å². The van der Waals surface area contributed by atoms with Crippen molar-refractivity contribution in [1.29, 1.82) is 0 Å². The third-order valence-electron chi connectivity index (χ3n) is 4.07. The second-order valence-corrected chi connectivity index (χ2v) is 5.78. The summed E-state index contributed by atoms with van der Waals surface area (Å²) >= 11 is 0. The lowest BCUT2D eigenvalue weighted by molar-refractivity contribution is -0.217. The van der Waals surface area contributed by atoms with Crippen molar-refractivity contribution in [2.45, 2.75) is 25.2 Å². The van der Waals surface area contributed by atoms with Crippen LogP contribution in [0.15, 0.2) is 48.7 Å². The molecule has 2 rings (SSSR count). The SMILES string of the molecule is [B]C([B])(c1ccc(-c2ccccn2)cc1)C(C)(C)C(F)(F)F. The number of aromatic nitrogens is 1. The van der Waals surface area contributed by atoms with Gasteiger partial charge < -0.3 is 0 Å². The van der Waals surface area contributed by atoms with E-state index in [4.69, 9.17) is 15.7 Å². The Labute approximate surface area is 130 Å². The molecule has 22 heavy (non-hydrogen) atoms. The highest BCUT2D eigenvalue weighted by Crippen LogP contribution is 2.48. The van der Waals surface area contributed by atoms with Gasteiger partial charge in [0, 0.05) is 11.8 Å². The van der Waals surface area contributed by atoms with Gasteiger partial charge in [-0.1, -0.05) is 55.0 Å². The molecule has 0 aliphatic rings. The molecule has 0 saturated heterocycles. The molecule has 0 spiro atoms. The van der Waals surface area contributed by atoms with Crippen molar-refractivity contribution in [2.75, 3.05) is 0 Å². The maximum atomic E-state index is 13.2. The molecule has 0 bridgehead atoms. The molecule has 0 amide bonds. The predicted molar refractivity (Wildman–Crippen MR) is 82.7 cm³/mol. The van der Waals surface area contributed by atoms with Crippen molar-refractivity contribution in [3.8, 4) is 11.3 Å². The summed E-state index contributed by atoms with van der Waals surface area (Å²) in [4.78, 5) is 4.19. The molecule has 1 aromatic heterocycles. The van der Waals surface area contributed by atoms with Crippen molar-refractivity contribution in [3.63, 3.8) is 0 Å². The number of halogens is 3. The van der Waals surface area contributed by atoms with Gasteiger partial charge in [0.05, 0.1) is 26.8 Å². The molecule has 2 aromatic rings. The number of hydrogen-bond acceptors (Lipinski definition) is 1. The average Bonchev–Trinajstić information content (AvgIpc) is 2.47. The molecule has 0 unspecified atom stereocenters. The highest BCUT2D eigenvalue weighted by molar-refractivity contribution is 6.40. The first-order valence-electron chi connectivity index (χ1n) is 6.74. The van der Waals surface area contributed by atoms with Crippen molar-refractivity contribution in [3.05, 3.63) is 54.2 Å². The molecule has 6 heteroatoms. The van der Waals surface area contributed by atoms with E-state index in [1.54, 1.807) is 24.4 Å². The Morgan fingerprint density at radius 3 is 1.95 bits per heavy atom. The van der Waals surface area contributed by atoms with E-state index in [0.717, 1.165) is 25.1 Å². The molecule has 0 fully saturated rings. The second-order valence-electron chi connectivity index (χ2n) is 5.78. The first-order valence-corrected chi connectivity index (χ1v) is 6.74. The van der Waals surface area contributed by atoms with Gasteiger partial charge in [-0.05, 0) is 12.1 Å². The molecule has 1 heterocycles. The van der Waals surface area contributed by atoms with Crippen LogP contribution < -0.4 is 0 Å². The molecular weight excluding hydrogens is 285 g/mol. The Hall–Kier alpha value is -1.71. The Bertz CT molecular complexity index is 635. The van der Waals surface area contributed by atoms with Gasteiger partial charge in [-0.15, -0.1) is 0 Å². The zero-order valence-corrected chi connectivity index (χ0v) is 12.4. The molecule has 1 aromatic carbocycles. The highest BCUT2D eigenvalue weighted by atomic mass is 19.4. The molecule has 0 N–H and O–H groups in total. The molecule has 1 nitrogen and oxygen atoms in total. The van der Waals surface area contributed by atoms with Gasteiger partial charge in [0.1, 0.15) is 0 Å². The van der Waals surface area contributed by atoms with Crippen molar-refractivity contribution < 1.29 is 13.2 Å². The summed E-state index contributed by atoms with van der Waals surface area (Å²) in [5.74, 6) is 0. The standard InChI is InChI=1S/C16H14B2F3N/c1-14(2,16(19,20)21)15(17,18)12-8-6-11(7-9-12)13-5-3-4-10-22-13/h3-10H,1-2H3. The maximum Gasteiger partial charge on any atom is 0.393 e. The molecule has 0 aliphatic carbocycles. The Morgan fingerprint density at radius 2 is 1.50 bits per heavy atom. The topological polar surface area (TPSA) is 12.9 Å². The van der Waals surface area contributed by atoms with Gasteiger partial charge in [-0.25, -0.2) is 0 Å². The third-order valence-corrected chi connectivity index (χ3v) is 4.07. The van der Waals surface area contributed by atoms with Crippen molar-refractivity contribution in [1.82, 2.24) is 4.98 Å². The van der Waals surface area contributed by atoms with E-state index in [9.17, 15) is 13.2 Å². The van der Waals surface area contributed by atoms with E-state index in [2.05, 4.69) is 4.98 Å². The summed E-state index contributed by atoms with van der Waals surface area (Å²) < 4.78 is 39.6. The monoisotopic (exact) mass is 299 g/mol. The molecular formula is C16H14B2F3N. The van der Waals surface area contributed by atoms with E-state index < -0.39 is 16.8 Å². The predicted octanol–water partition coefficient (Wildman–Crippen LogP) is 3.83. The third kappa shape index (κ3) is 2.79. The fourth-order valence-electron chi connectivity index (χ4n) is 2.05. The Kier molecular flexibility index (Phi) is 4.16. The summed E-state index contributed by atoms with van der Waals surface area (Å²) in [6.45, 7) is 2.00. The Morgan fingerprint density at radius 1 is 0.909 bits per heavy atom. The second kappa shape index (κ2) is 5.49. The average molecular weight is 299 g/mol. The molecule has 0 atom stereocenters. The number of pyridine rings is 1. The smallest absolute Gasteiger partial charge is 0.256 e. The van der Waals surface area contributed by atoms with Crippen LogP contribution in [0.1, 0.15) is 19.4 Å². The molecule has 4 radical (unpaired) electrons. The van der Waals surface area contributed by atoms with Crippen LogP contribution in [0.3, 0.4) is 0 Å². The summed E-state index contributed by atoms with van der Waals surface area (Å²) in [7, 11) is 11.7. The minimum atomic E-state index is -4.52.